The van der Waals surface area contributed by atoms with Crippen LogP contribution in [0.5, 0.6) is 0 Å². The van der Waals surface area contributed by atoms with Gasteiger partial charge < -0.3 is 15.7 Å². The first kappa shape index (κ1) is 16.1. The van der Waals surface area contributed by atoms with Crippen molar-refractivity contribution in [2.75, 3.05) is 10.6 Å². The Morgan fingerprint density at radius 3 is 2.42 bits per heavy atom. The van der Waals surface area contributed by atoms with Gasteiger partial charge in [-0.2, -0.15) is 0 Å². The van der Waals surface area contributed by atoms with E-state index in [1.807, 2.05) is 78.9 Å². The van der Waals surface area contributed by atoms with E-state index in [0.29, 0.717) is 11.3 Å². The number of hydrogen-bond donors (Lipinski definition) is 3. The molecule has 1 heterocycles. The van der Waals surface area contributed by atoms with Crippen molar-refractivity contribution in [2.45, 2.75) is 6.10 Å². The minimum absolute atomic E-state index is 0.284. The molecule has 3 aromatic rings. The summed E-state index contributed by atoms with van der Waals surface area (Å²) in [5.74, 6) is -0.331. The lowest BCUT2D eigenvalue weighted by molar-refractivity contribution is -0.113. The van der Waals surface area contributed by atoms with Gasteiger partial charge in [0.1, 0.15) is 6.10 Å². The van der Waals surface area contributed by atoms with E-state index in [1.165, 1.54) is 0 Å². The third-order valence-corrected chi connectivity index (χ3v) is 4.46. The van der Waals surface area contributed by atoms with Crippen LogP contribution in [-0.2, 0) is 4.79 Å². The minimum Gasteiger partial charge on any atom is -0.383 e. The van der Waals surface area contributed by atoms with Crippen LogP contribution in [0.4, 0.5) is 11.4 Å². The second-order valence-corrected chi connectivity index (χ2v) is 6.10. The fraction of sp³-hybridized carbons (Fsp3) is 0.0455. The van der Waals surface area contributed by atoms with E-state index < -0.39 is 6.10 Å². The zero-order valence-corrected chi connectivity index (χ0v) is 14.0. The summed E-state index contributed by atoms with van der Waals surface area (Å²) in [5, 5.41) is 16.6. The zero-order valence-electron chi connectivity index (χ0n) is 14.0. The zero-order chi connectivity index (χ0) is 17.9. The van der Waals surface area contributed by atoms with E-state index in [2.05, 4.69) is 10.6 Å². The average Bonchev–Trinajstić information content (AvgIpc) is 2.69. The topological polar surface area (TPSA) is 61.4 Å². The molecule has 0 saturated carbocycles. The number of fused-ring (bicyclic) bond motifs is 1. The fourth-order valence-corrected chi connectivity index (χ4v) is 3.11. The van der Waals surface area contributed by atoms with E-state index in [0.717, 1.165) is 16.8 Å². The Labute approximate surface area is 151 Å². The molecule has 0 bridgehead atoms. The van der Waals surface area contributed by atoms with Crippen LogP contribution in [0.1, 0.15) is 11.7 Å². The number of anilines is 2. The van der Waals surface area contributed by atoms with Crippen molar-refractivity contribution < 1.29 is 9.90 Å². The highest BCUT2D eigenvalue weighted by atomic mass is 16.3. The molecule has 0 fully saturated rings. The maximum Gasteiger partial charge on any atom is 0.256 e. The molecule has 4 rings (SSSR count). The van der Waals surface area contributed by atoms with Gasteiger partial charge in [-0.3, -0.25) is 4.79 Å². The predicted molar refractivity (Wildman–Crippen MR) is 104 cm³/mol. The summed E-state index contributed by atoms with van der Waals surface area (Å²) in [5.41, 5.74) is 4.44. The maximum absolute atomic E-state index is 12.8. The van der Waals surface area contributed by atoms with E-state index in [4.69, 9.17) is 0 Å². The largest absolute Gasteiger partial charge is 0.383 e. The third-order valence-electron chi connectivity index (χ3n) is 4.46. The number of para-hydroxylation sites is 2. The number of aliphatic hydroxyl groups is 1. The van der Waals surface area contributed by atoms with Gasteiger partial charge in [-0.25, -0.2) is 0 Å². The van der Waals surface area contributed by atoms with Gasteiger partial charge in [-0.05, 0) is 17.7 Å². The molecule has 0 spiro atoms. The Bertz CT molecular complexity index is 980. The molecule has 128 valence electrons. The minimum atomic E-state index is -0.962. The van der Waals surface area contributed by atoms with Crippen LogP contribution in [0.3, 0.4) is 0 Å². The number of benzene rings is 3. The van der Waals surface area contributed by atoms with Gasteiger partial charge in [-0.1, -0.05) is 66.7 Å². The molecular weight excluding hydrogens is 324 g/mol. The molecular formula is C22H18N2O2. The Morgan fingerprint density at radius 1 is 0.885 bits per heavy atom. The van der Waals surface area contributed by atoms with Crippen molar-refractivity contribution in [1.82, 2.24) is 0 Å². The van der Waals surface area contributed by atoms with Crippen molar-refractivity contribution in [1.29, 1.82) is 0 Å². The molecule has 0 unspecified atom stereocenters. The molecule has 4 nitrogen and oxygen atoms in total. The van der Waals surface area contributed by atoms with Crippen molar-refractivity contribution in [3.05, 3.63) is 96.2 Å². The molecule has 3 N–H and O–H groups in total. The first-order valence-electron chi connectivity index (χ1n) is 8.43. The van der Waals surface area contributed by atoms with Crippen molar-refractivity contribution in [2.24, 2.45) is 0 Å². The van der Waals surface area contributed by atoms with E-state index in [-0.39, 0.29) is 11.5 Å². The molecule has 1 atom stereocenters. The van der Waals surface area contributed by atoms with E-state index in [9.17, 15) is 9.90 Å². The van der Waals surface area contributed by atoms with Gasteiger partial charge in [0, 0.05) is 28.7 Å². The number of nitrogens with one attached hydrogen (secondary N) is 2. The van der Waals surface area contributed by atoms with Crippen LogP contribution in [0, 0.1) is 0 Å². The number of amides is 1. The van der Waals surface area contributed by atoms with Crippen LogP contribution in [0.15, 0.2) is 90.6 Å². The average molecular weight is 342 g/mol. The lowest BCUT2D eigenvalue weighted by Crippen LogP contribution is -2.23. The van der Waals surface area contributed by atoms with E-state index in [1.54, 1.807) is 6.20 Å². The maximum atomic E-state index is 12.8. The molecule has 0 saturated heterocycles. The lowest BCUT2D eigenvalue weighted by Gasteiger charge is -2.23. The van der Waals surface area contributed by atoms with Crippen LogP contribution in [-0.4, -0.2) is 11.0 Å². The number of carbonyl (C=O) groups excluding carboxylic acids is 1. The molecule has 1 aliphatic heterocycles. The number of rotatable bonds is 3. The van der Waals surface area contributed by atoms with E-state index >= 15 is 0 Å². The molecule has 3 aromatic carbocycles. The smallest absolute Gasteiger partial charge is 0.256 e. The van der Waals surface area contributed by atoms with Gasteiger partial charge in [0.25, 0.3) is 5.91 Å². The van der Waals surface area contributed by atoms with Gasteiger partial charge in [0.15, 0.2) is 0 Å². The summed E-state index contributed by atoms with van der Waals surface area (Å²) in [6.45, 7) is 0. The molecule has 0 aromatic heterocycles. The second-order valence-electron chi connectivity index (χ2n) is 6.10. The predicted octanol–water partition coefficient (Wildman–Crippen LogP) is 4.34. The lowest BCUT2D eigenvalue weighted by atomic mass is 9.96. The Morgan fingerprint density at radius 2 is 1.58 bits per heavy atom. The van der Waals surface area contributed by atoms with Crippen LogP contribution < -0.4 is 10.6 Å². The summed E-state index contributed by atoms with van der Waals surface area (Å²) < 4.78 is 0. The Hall–Kier alpha value is -3.37. The standard InChI is InChI=1S/C22H18N2O2/c25-21-17-11-5-6-12-19(17)23-14-18(21)22(26)24-20-13-7-4-10-16(20)15-8-2-1-3-9-15/h1-14,21,23,25H,(H,24,26)/t21-/m1/s1. The third kappa shape index (κ3) is 2.98. The van der Waals surface area contributed by atoms with Crippen molar-refractivity contribution in [3.63, 3.8) is 0 Å². The highest BCUT2D eigenvalue weighted by molar-refractivity contribution is 6.07. The fourth-order valence-electron chi connectivity index (χ4n) is 3.11. The van der Waals surface area contributed by atoms with Gasteiger partial charge in [-0.15, -0.1) is 0 Å². The number of carbonyl (C=O) groups is 1. The van der Waals surface area contributed by atoms with Crippen molar-refractivity contribution >= 4 is 17.3 Å². The molecule has 1 aliphatic rings. The highest BCUT2D eigenvalue weighted by Crippen LogP contribution is 2.34. The SMILES string of the molecule is O=C(Nc1ccccc1-c1ccccc1)C1=CNc2ccccc2[C@H]1O. The first-order valence-corrected chi connectivity index (χ1v) is 8.43. The summed E-state index contributed by atoms with van der Waals surface area (Å²) in [6.07, 6.45) is 0.601. The summed E-state index contributed by atoms with van der Waals surface area (Å²) >= 11 is 0. The number of aliphatic hydroxyl groups excluding tert-OH is 1. The van der Waals surface area contributed by atoms with Crippen molar-refractivity contribution in [3.8, 4) is 11.1 Å². The van der Waals surface area contributed by atoms with Crippen LogP contribution in [0.2, 0.25) is 0 Å². The highest BCUT2D eigenvalue weighted by Gasteiger charge is 2.26. The summed E-state index contributed by atoms with van der Waals surface area (Å²) in [7, 11) is 0. The molecule has 0 radical (unpaired) electrons. The summed E-state index contributed by atoms with van der Waals surface area (Å²) in [4.78, 5) is 12.8. The van der Waals surface area contributed by atoms with Gasteiger partial charge >= 0.3 is 0 Å². The molecule has 0 aliphatic carbocycles. The molecule has 1 amide bonds. The van der Waals surface area contributed by atoms with Gasteiger partial charge in [0.05, 0.1) is 5.57 Å². The Kier molecular flexibility index (Phi) is 4.25. The normalized spacial score (nSPS) is 15.4. The second kappa shape index (κ2) is 6.86. The quantitative estimate of drug-likeness (QED) is 0.664. The number of hydrogen-bond acceptors (Lipinski definition) is 3. The Balaban J connectivity index is 1.62. The monoisotopic (exact) mass is 342 g/mol. The first-order chi connectivity index (χ1) is 12.7. The van der Waals surface area contributed by atoms with Crippen LogP contribution >= 0.6 is 0 Å². The molecule has 26 heavy (non-hydrogen) atoms. The molecule has 4 heteroatoms. The van der Waals surface area contributed by atoms with Crippen LogP contribution in [0.25, 0.3) is 11.1 Å². The summed E-state index contributed by atoms with van der Waals surface area (Å²) in [6, 6.07) is 24.9. The van der Waals surface area contributed by atoms with Gasteiger partial charge in [0.2, 0.25) is 0 Å².